The zero-order chi connectivity index (χ0) is 13.6. The van der Waals surface area contributed by atoms with Gasteiger partial charge in [0.1, 0.15) is 0 Å². The van der Waals surface area contributed by atoms with Crippen molar-refractivity contribution in [2.24, 2.45) is 0 Å². The highest BCUT2D eigenvalue weighted by Gasteiger charge is 2.82. The zero-order valence-electron chi connectivity index (χ0n) is 6.73. The van der Waals surface area contributed by atoms with Crippen LogP contribution < -0.4 is 0 Å². The summed E-state index contributed by atoms with van der Waals surface area (Å²) in [5, 5.41) is 0. The highest BCUT2D eigenvalue weighted by Crippen LogP contribution is 2.55. The van der Waals surface area contributed by atoms with E-state index in [4.69, 9.17) is 0 Å². The number of hydrogen-bond acceptors (Lipinski definition) is 0. The van der Waals surface area contributed by atoms with Gasteiger partial charge in [-0.2, -0.15) is 35.1 Å². The molecule has 0 saturated heterocycles. The molecule has 0 aliphatic carbocycles. The summed E-state index contributed by atoms with van der Waals surface area (Å²) in [6, 6.07) is 0. The van der Waals surface area contributed by atoms with Crippen molar-refractivity contribution in [1.29, 1.82) is 0 Å². The lowest BCUT2D eigenvalue weighted by atomic mass is 10.1. The third-order valence-electron chi connectivity index (χ3n) is 1.44. The Morgan fingerprint density at radius 1 is 0.688 bits per heavy atom. The van der Waals surface area contributed by atoms with Crippen LogP contribution in [0.3, 0.4) is 0 Å². The summed E-state index contributed by atoms with van der Waals surface area (Å²) in [7, 11) is 0. The van der Waals surface area contributed by atoms with Gasteiger partial charge in [0.15, 0.2) is 0 Å². The average molecular weight is 331 g/mol. The van der Waals surface area contributed by atoms with Gasteiger partial charge in [0, 0.05) is 0 Å². The van der Waals surface area contributed by atoms with Crippen molar-refractivity contribution in [2.75, 3.05) is 0 Å². The van der Waals surface area contributed by atoms with E-state index in [-0.39, 0.29) is 0 Å². The minimum Gasteiger partial charge on any atom is -0.203 e. The molecule has 98 valence electrons. The van der Waals surface area contributed by atoms with Crippen LogP contribution in [0.2, 0.25) is 0 Å². The second kappa shape index (κ2) is 3.91. The lowest BCUT2D eigenvalue weighted by Crippen LogP contribution is -2.62. The first-order chi connectivity index (χ1) is 6.69. The van der Waals surface area contributed by atoms with Gasteiger partial charge in [0.2, 0.25) is 0 Å². The topological polar surface area (TPSA) is 0 Å². The molecule has 0 aromatic rings. The Morgan fingerprint density at radius 2 is 1.00 bits per heavy atom. The highest BCUT2D eigenvalue weighted by molar-refractivity contribution is 9.10. The molecule has 0 radical (unpaired) electrons. The van der Waals surface area contributed by atoms with Crippen molar-refractivity contribution < 1.29 is 43.9 Å². The number of hydrogen-bond donors (Lipinski definition) is 0. The van der Waals surface area contributed by atoms with Gasteiger partial charge in [0.05, 0.1) is 0 Å². The summed E-state index contributed by atoms with van der Waals surface area (Å²) in [4.78, 5) is -5.76. The van der Waals surface area contributed by atoms with Crippen LogP contribution in [0.15, 0.2) is 0 Å². The molecular formula is C5HBrF10. The minimum absolute atomic E-state index is 0.736. The van der Waals surface area contributed by atoms with E-state index in [1.54, 1.807) is 0 Å². The third-order valence-corrected chi connectivity index (χ3v) is 1.94. The molecule has 11 heteroatoms. The molecular weight excluding hydrogens is 330 g/mol. The van der Waals surface area contributed by atoms with Gasteiger partial charge < -0.3 is 0 Å². The maximum Gasteiger partial charge on any atom is 0.388 e. The lowest BCUT2D eigenvalue weighted by molar-refractivity contribution is -0.365. The van der Waals surface area contributed by atoms with Crippen LogP contribution in [-0.4, -0.2) is 29.0 Å². The van der Waals surface area contributed by atoms with Gasteiger partial charge in [0.25, 0.3) is 0 Å². The lowest BCUT2D eigenvalue weighted by Gasteiger charge is -2.34. The molecule has 0 aromatic carbocycles. The van der Waals surface area contributed by atoms with Crippen molar-refractivity contribution in [3.63, 3.8) is 0 Å². The molecule has 0 heterocycles. The second-order valence-corrected chi connectivity index (χ2v) is 3.57. The minimum atomic E-state index is -6.92. The van der Waals surface area contributed by atoms with Gasteiger partial charge in [-0.15, -0.1) is 0 Å². The second-order valence-electron chi connectivity index (χ2n) is 2.57. The Bertz CT molecular complexity index is 252. The largest absolute Gasteiger partial charge is 0.388 e. The fraction of sp³-hybridized carbons (Fsp3) is 1.00. The van der Waals surface area contributed by atoms with Crippen molar-refractivity contribution in [2.45, 2.75) is 29.0 Å². The normalized spacial score (nSPS) is 15.8. The van der Waals surface area contributed by atoms with E-state index in [0.717, 1.165) is 15.9 Å². The zero-order valence-corrected chi connectivity index (χ0v) is 8.32. The summed E-state index contributed by atoms with van der Waals surface area (Å²) in [6.45, 7) is 0. The summed E-state index contributed by atoms with van der Waals surface area (Å²) < 4.78 is 120. The maximum atomic E-state index is 12.2. The molecule has 0 saturated carbocycles. The van der Waals surface area contributed by atoms with Crippen LogP contribution in [0.5, 0.6) is 0 Å². The Kier molecular flexibility index (Phi) is 3.86. The number of rotatable bonds is 4. The van der Waals surface area contributed by atoms with E-state index >= 15 is 0 Å². The Balaban J connectivity index is 5.53. The molecule has 0 N–H and O–H groups in total. The van der Waals surface area contributed by atoms with Gasteiger partial charge >= 0.3 is 29.0 Å². The molecule has 0 unspecified atom stereocenters. The van der Waals surface area contributed by atoms with Crippen LogP contribution in [0.25, 0.3) is 0 Å². The van der Waals surface area contributed by atoms with E-state index in [9.17, 15) is 43.9 Å². The van der Waals surface area contributed by atoms with E-state index in [2.05, 4.69) is 0 Å². The summed E-state index contributed by atoms with van der Waals surface area (Å²) in [5.74, 6) is -20.2. The molecule has 0 aliphatic heterocycles. The van der Waals surface area contributed by atoms with Crippen LogP contribution in [0, 0.1) is 0 Å². The molecule has 0 spiro atoms. The molecule has 0 aliphatic rings. The van der Waals surface area contributed by atoms with Gasteiger partial charge in [-0.05, 0) is 15.9 Å². The Hall–Kier alpha value is -0.220. The average Bonchev–Trinajstić information content (AvgIpc) is 2.00. The number of halogens is 11. The summed E-state index contributed by atoms with van der Waals surface area (Å²) in [6.07, 6.45) is -5.22. The first-order valence-corrected chi connectivity index (χ1v) is 3.97. The van der Waals surface area contributed by atoms with E-state index in [0.29, 0.717) is 0 Å². The van der Waals surface area contributed by atoms with Crippen LogP contribution in [0.4, 0.5) is 43.9 Å². The first kappa shape index (κ1) is 15.8. The van der Waals surface area contributed by atoms with Crippen LogP contribution in [0.1, 0.15) is 0 Å². The van der Waals surface area contributed by atoms with Crippen LogP contribution >= 0.6 is 15.9 Å². The summed E-state index contributed by atoms with van der Waals surface area (Å²) in [5.41, 5.74) is 0. The van der Waals surface area contributed by atoms with Gasteiger partial charge in [-0.25, -0.2) is 8.78 Å². The van der Waals surface area contributed by atoms with E-state index in [1.165, 1.54) is 0 Å². The fourth-order valence-electron chi connectivity index (χ4n) is 0.524. The smallest absolute Gasteiger partial charge is 0.203 e. The quantitative estimate of drug-likeness (QED) is 0.536. The van der Waals surface area contributed by atoms with Crippen molar-refractivity contribution in [3.8, 4) is 0 Å². The van der Waals surface area contributed by atoms with Crippen molar-refractivity contribution in [3.05, 3.63) is 0 Å². The number of alkyl halides is 11. The first-order valence-electron chi connectivity index (χ1n) is 3.18. The molecule has 0 fully saturated rings. The fourth-order valence-corrected chi connectivity index (χ4v) is 0.773. The third kappa shape index (κ3) is 2.09. The maximum absolute atomic E-state index is 12.2. The van der Waals surface area contributed by atoms with E-state index < -0.39 is 29.0 Å². The van der Waals surface area contributed by atoms with E-state index in [1.807, 2.05) is 0 Å². The molecule has 0 amide bonds. The predicted molar refractivity (Wildman–Crippen MR) is 34.7 cm³/mol. The SMILES string of the molecule is FC(F)C(F)(F)C(F)(F)C(F)(F)C(F)(F)Br. The van der Waals surface area contributed by atoms with Crippen molar-refractivity contribution >= 4 is 15.9 Å². The molecule has 0 rings (SSSR count). The Morgan fingerprint density at radius 3 is 1.19 bits per heavy atom. The predicted octanol–water partition coefficient (Wildman–Crippen LogP) is 4.15. The monoisotopic (exact) mass is 330 g/mol. The molecule has 0 nitrogen and oxygen atoms in total. The standard InChI is InChI=1S/C5HBrF10/c6-5(15,16)4(13,14)3(11,12)2(9,10)1(7)8/h1H. The molecule has 16 heavy (non-hydrogen) atoms. The highest BCUT2D eigenvalue weighted by atomic mass is 79.9. The molecule has 0 atom stereocenters. The molecule has 0 bridgehead atoms. The van der Waals surface area contributed by atoms with Crippen LogP contribution in [-0.2, 0) is 0 Å². The van der Waals surface area contributed by atoms with Crippen molar-refractivity contribution in [1.82, 2.24) is 0 Å². The van der Waals surface area contributed by atoms with Gasteiger partial charge in [-0.1, -0.05) is 0 Å². The summed E-state index contributed by atoms with van der Waals surface area (Å²) >= 11 is 0.736. The molecule has 0 aromatic heterocycles. The Labute approximate surface area is 89.7 Å². The van der Waals surface area contributed by atoms with Gasteiger partial charge in [-0.3, -0.25) is 0 Å².